The van der Waals surface area contributed by atoms with E-state index in [1.54, 1.807) is 4.90 Å². The monoisotopic (exact) mass is 292 g/mol. The van der Waals surface area contributed by atoms with Gasteiger partial charge in [0.1, 0.15) is 12.0 Å². The number of nitrogens with zero attached hydrogens (tertiary/aromatic N) is 3. The van der Waals surface area contributed by atoms with E-state index in [4.69, 9.17) is 5.73 Å². The van der Waals surface area contributed by atoms with Crippen molar-refractivity contribution in [2.75, 3.05) is 12.3 Å². The highest BCUT2D eigenvalue weighted by atomic mass is 16.6. The Morgan fingerprint density at radius 1 is 1.48 bits per heavy atom. The van der Waals surface area contributed by atoms with Crippen LogP contribution < -0.4 is 5.73 Å². The lowest BCUT2D eigenvalue weighted by molar-refractivity contribution is -0.385. The number of pyridine rings is 1. The van der Waals surface area contributed by atoms with Crippen LogP contribution in [0.1, 0.15) is 49.4 Å². The molecule has 2 N–H and O–H groups in total. The number of rotatable bonds is 4. The summed E-state index contributed by atoms with van der Waals surface area (Å²) in [7, 11) is 0. The lowest BCUT2D eigenvalue weighted by atomic mass is 9.93. The molecule has 2 rings (SSSR count). The van der Waals surface area contributed by atoms with Crippen molar-refractivity contribution >= 4 is 17.4 Å². The standard InChI is InChI=1S/C14H20N4O3/c1-2-17(10-6-4-3-5-7-10)14(19)12-8-11(18(20)21)9-16-13(12)15/h8-10H,2-7H2,1H3,(H2,15,16). The average Bonchev–Trinajstić information content (AvgIpc) is 2.49. The van der Waals surface area contributed by atoms with Gasteiger partial charge in [-0.2, -0.15) is 0 Å². The van der Waals surface area contributed by atoms with Crippen LogP contribution in [0, 0.1) is 10.1 Å². The van der Waals surface area contributed by atoms with Crippen molar-refractivity contribution in [2.24, 2.45) is 0 Å². The summed E-state index contributed by atoms with van der Waals surface area (Å²) in [6.45, 7) is 2.47. The van der Waals surface area contributed by atoms with E-state index in [2.05, 4.69) is 4.98 Å². The van der Waals surface area contributed by atoms with Gasteiger partial charge >= 0.3 is 0 Å². The molecule has 0 saturated heterocycles. The molecule has 1 fully saturated rings. The molecule has 1 aliphatic carbocycles. The highest BCUT2D eigenvalue weighted by Crippen LogP contribution is 2.26. The Bertz CT molecular complexity index is 541. The second-order valence-electron chi connectivity index (χ2n) is 5.27. The van der Waals surface area contributed by atoms with E-state index >= 15 is 0 Å². The van der Waals surface area contributed by atoms with E-state index in [1.807, 2.05) is 6.92 Å². The summed E-state index contributed by atoms with van der Waals surface area (Å²) in [5, 5.41) is 10.8. The molecule has 0 unspecified atom stereocenters. The van der Waals surface area contributed by atoms with Gasteiger partial charge in [0.25, 0.3) is 11.6 Å². The number of nitrogens with two attached hydrogens (primary N) is 1. The summed E-state index contributed by atoms with van der Waals surface area (Å²) < 4.78 is 0. The molecule has 7 heteroatoms. The van der Waals surface area contributed by atoms with Crippen molar-refractivity contribution < 1.29 is 9.72 Å². The van der Waals surface area contributed by atoms with Crippen LogP contribution in [0.2, 0.25) is 0 Å². The number of carbonyl (C=O) groups excluding carboxylic acids is 1. The van der Waals surface area contributed by atoms with E-state index in [0.717, 1.165) is 31.9 Å². The fraction of sp³-hybridized carbons (Fsp3) is 0.571. The van der Waals surface area contributed by atoms with E-state index < -0.39 is 4.92 Å². The van der Waals surface area contributed by atoms with Gasteiger partial charge < -0.3 is 10.6 Å². The molecule has 0 radical (unpaired) electrons. The number of nitro groups is 1. The Labute approximate surface area is 123 Å². The number of carbonyl (C=O) groups is 1. The molecular formula is C14H20N4O3. The zero-order valence-electron chi connectivity index (χ0n) is 12.1. The van der Waals surface area contributed by atoms with Crippen LogP contribution in [-0.4, -0.2) is 33.3 Å². The van der Waals surface area contributed by atoms with Gasteiger partial charge in [0.2, 0.25) is 0 Å². The molecule has 7 nitrogen and oxygen atoms in total. The lowest BCUT2D eigenvalue weighted by Gasteiger charge is -2.33. The summed E-state index contributed by atoms with van der Waals surface area (Å²) in [5.41, 5.74) is 5.64. The Kier molecular flexibility index (Phi) is 4.72. The van der Waals surface area contributed by atoms with Crippen LogP contribution in [-0.2, 0) is 0 Å². The van der Waals surface area contributed by atoms with Crippen molar-refractivity contribution in [3.63, 3.8) is 0 Å². The van der Waals surface area contributed by atoms with E-state index in [0.29, 0.717) is 6.54 Å². The number of hydrogen-bond acceptors (Lipinski definition) is 5. The first-order valence-electron chi connectivity index (χ1n) is 7.25. The minimum Gasteiger partial charge on any atom is -0.383 e. The quantitative estimate of drug-likeness (QED) is 0.678. The Hall–Kier alpha value is -2.18. The van der Waals surface area contributed by atoms with Crippen LogP contribution >= 0.6 is 0 Å². The molecule has 1 heterocycles. The van der Waals surface area contributed by atoms with E-state index in [-0.39, 0.29) is 29.0 Å². The minimum atomic E-state index is -0.569. The zero-order valence-corrected chi connectivity index (χ0v) is 12.1. The van der Waals surface area contributed by atoms with Crippen LogP contribution in [0.5, 0.6) is 0 Å². The van der Waals surface area contributed by atoms with Crippen LogP contribution in [0.4, 0.5) is 11.5 Å². The third-order valence-corrected chi connectivity index (χ3v) is 3.96. The third kappa shape index (κ3) is 3.29. The summed E-state index contributed by atoms with van der Waals surface area (Å²) in [5.74, 6) is -0.224. The summed E-state index contributed by atoms with van der Waals surface area (Å²) in [6, 6.07) is 1.41. The van der Waals surface area contributed by atoms with Crippen molar-refractivity contribution in [2.45, 2.75) is 45.1 Å². The molecule has 114 valence electrons. The SMILES string of the molecule is CCN(C(=O)c1cc([N+](=O)[O-])cnc1N)C1CCCCC1. The molecule has 0 aromatic carbocycles. The molecule has 21 heavy (non-hydrogen) atoms. The highest BCUT2D eigenvalue weighted by Gasteiger charge is 2.27. The lowest BCUT2D eigenvalue weighted by Crippen LogP contribution is -2.41. The fourth-order valence-electron chi connectivity index (χ4n) is 2.85. The summed E-state index contributed by atoms with van der Waals surface area (Å²) in [4.78, 5) is 28.4. The maximum Gasteiger partial charge on any atom is 0.288 e. The number of aromatic nitrogens is 1. The van der Waals surface area contributed by atoms with Crippen molar-refractivity contribution in [3.8, 4) is 0 Å². The smallest absolute Gasteiger partial charge is 0.288 e. The molecule has 0 atom stereocenters. The Balaban J connectivity index is 2.28. The molecule has 0 aliphatic heterocycles. The van der Waals surface area contributed by atoms with Crippen molar-refractivity contribution in [1.29, 1.82) is 0 Å². The summed E-state index contributed by atoms with van der Waals surface area (Å²) >= 11 is 0. The zero-order chi connectivity index (χ0) is 15.4. The number of hydrogen-bond donors (Lipinski definition) is 1. The maximum absolute atomic E-state index is 12.7. The van der Waals surface area contributed by atoms with Crippen LogP contribution in [0.3, 0.4) is 0 Å². The van der Waals surface area contributed by atoms with E-state index in [1.165, 1.54) is 12.5 Å². The van der Waals surface area contributed by atoms with Gasteiger partial charge in [0, 0.05) is 18.7 Å². The van der Waals surface area contributed by atoms with Gasteiger partial charge in [-0.3, -0.25) is 14.9 Å². The van der Waals surface area contributed by atoms with Gasteiger partial charge in [-0.1, -0.05) is 19.3 Å². The van der Waals surface area contributed by atoms with Gasteiger partial charge in [-0.25, -0.2) is 4.98 Å². The second-order valence-corrected chi connectivity index (χ2v) is 5.27. The number of amides is 1. The normalized spacial score (nSPS) is 15.7. The molecule has 0 bridgehead atoms. The Morgan fingerprint density at radius 3 is 2.71 bits per heavy atom. The van der Waals surface area contributed by atoms with Crippen LogP contribution in [0.15, 0.2) is 12.3 Å². The predicted molar refractivity (Wildman–Crippen MR) is 78.9 cm³/mol. The van der Waals surface area contributed by atoms with Gasteiger partial charge in [-0.15, -0.1) is 0 Å². The fourth-order valence-corrected chi connectivity index (χ4v) is 2.85. The number of anilines is 1. The topological polar surface area (TPSA) is 102 Å². The third-order valence-electron chi connectivity index (χ3n) is 3.96. The highest BCUT2D eigenvalue weighted by molar-refractivity contribution is 5.99. The van der Waals surface area contributed by atoms with Gasteiger partial charge in [0.05, 0.1) is 10.5 Å². The van der Waals surface area contributed by atoms with Crippen LogP contribution in [0.25, 0.3) is 0 Å². The Morgan fingerprint density at radius 2 is 2.14 bits per heavy atom. The first-order valence-corrected chi connectivity index (χ1v) is 7.25. The van der Waals surface area contributed by atoms with Gasteiger partial charge in [-0.05, 0) is 19.8 Å². The maximum atomic E-state index is 12.7. The minimum absolute atomic E-state index is 0.0415. The van der Waals surface area contributed by atoms with Crippen molar-refractivity contribution in [3.05, 3.63) is 27.9 Å². The largest absolute Gasteiger partial charge is 0.383 e. The molecule has 0 spiro atoms. The molecule has 1 aromatic heterocycles. The summed E-state index contributed by atoms with van der Waals surface area (Å²) in [6.07, 6.45) is 6.43. The van der Waals surface area contributed by atoms with E-state index in [9.17, 15) is 14.9 Å². The molecule has 1 amide bonds. The predicted octanol–water partition coefficient (Wildman–Crippen LogP) is 2.37. The molecule has 1 saturated carbocycles. The number of nitrogen functional groups attached to an aromatic ring is 1. The second kappa shape index (κ2) is 6.51. The average molecular weight is 292 g/mol. The van der Waals surface area contributed by atoms with Gasteiger partial charge in [0.15, 0.2) is 0 Å². The first kappa shape index (κ1) is 15.2. The first-order chi connectivity index (χ1) is 10.0. The molecular weight excluding hydrogens is 272 g/mol. The molecule has 1 aromatic rings. The molecule has 1 aliphatic rings. The van der Waals surface area contributed by atoms with Crippen molar-refractivity contribution in [1.82, 2.24) is 9.88 Å².